The molecule has 0 aliphatic carbocycles. The first-order valence-corrected chi connectivity index (χ1v) is 2.53. The van der Waals surface area contributed by atoms with E-state index in [1.165, 1.54) is 12.3 Å². The maximum Gasteiger partial charge on any atom is 0.306 e. The molecule has 46 valence electrons. The molecule has 0 fully saturated rings. The Balaban J connectivity index is 2.94. The Hall–Kier alpha value is -0.895. The van der Waals surface area contributed by atoms with Gasteiger partial charge in [-0.25, -0.2) is 4.39 Å². The van der Waals surface area contributed by atoms with Crippen LogP contribution in [0, 0.1) is 5.82 Å². The van der Waals surface area contributed by atoms with Crippen LogP contribution in [0.5, 0.6) is 0 Å². The lowest BCUT2D eigenvalue weighted by Gasteiger charge is -1.89. The molecular weight excluding hydrogens is 120 g/mol. The second-order valence-corrected chi connectivity index (χ2v) is 1.67. The first-order valence-electron chi connectivity index (χ1n) is 2.53. The normalized spacial score (nSPS) is 9.11. The van der Waals surface area contributed by atoms with E-state index in [9.17, 15) is 4.39 Å². The molecule has 0 spiro atoms. The standard InChI is InChI=1S/C5H5BFNO/c7-5-1-4(6-9)2-8-3-5/h1-3,6,9H. The summed E-state index contributed by atoms with van der Waals surface area (Å²) in [6, 6.07) is 1.24. The van der Waals surface area contributed by atoms with Gasteiger partial charge in [0.25, 0.3) is 0 Å². The van der Waals surface area contributed by atoms with Gasteiger partial charge in [-0.05, 0) is 11.5 Å². The zero-order valence-corrected chi connectivity index (χ0v) is 4.71. The zero-order chi connectivity index (χ0) is 6.69. The summed E-state index contributed by atoms with van der Waals surface area (Å²) in [6.07, 6.45) is 2.52. The van der Waals surface area contributed by atoms with Crippen molar-refractivity contribution in [2.24, 2.45) is 0 Å². The van der Waals surface area contributed by atoms with Gasteiger partial charge in [0, 0.05) is 6.20 Å². The Morgan fingerprint density at radius 2 is 2.33 bits per heavy atom. The third kappa shape index (κ3) is 1.50. The highest BCUT2D eigenvalue weighted by atomic mass is 19.1. The minimum absolute atomic E-state index is 0.162. The van der Waals surface area contributed by atoms with Crippen LogP contribution in [-0.2, 0) is 0 Å². The van der Waals surface area contributed by atoms with Crippen molar-refractivity contribution in [1.82, 2.24) is 4.98 Å². The Morgan fingerprint density at radius 1 is 1.56 bits per heavy atom. The molecule has 0 radical (unpaired) electrons. The van der Waals surface area contributed by atoms with Crippen LogP contribution in [0.4, 0.5) is 4.39 Å². The molecule has 0 bridgehead atoms. The molecule has 0 unspecified atom stereocenters. The van der Waals surface area contributed by atoms with Crippen molar-refractivity contribution in [2.45, 2.75) is 0 Å². The fourth-order valence-corrected chi connectivity index (χ4v) is 0.542. The van der Waals surface area contributed by atoms with E-state index in [4.69, 9.17) is 5.02 Å². The second kappa shape index (κ2) is 2.59. The van der Waals surface area contributed by atoms with Crippen LogP contribution in [0.15, 0.2) is 18.5 Å². The highest BCUT2D eigenvalue weighted by Gasteiger charge is 1.93. The number of nitrogens with zero attached hydrogens (tertiary/aromatic N) is 1. The van der Waals surface area contributed by atoms with Crippen molar-refractivity contribution in [3.63, 3.8) is 0 Å². The van der Waals surface area contributed by atoms with Crippen LogP contribution in [0.2, 0.25) is 0 Å². The number of pyridine rings is 1. The molecule has 0 saturated heterocycles. The average molecular weight is 125 g/mol. The molecule has 1 aromatic rings. The van der Waals surface area contributed by atoms with Crippen LogP contribution in [-0.4, -0.2) is 17.5 Å². The molecule has 0 atom stereocenters. The number of halogens is 1. The number of rotatable bonds is 1. The predicted molar refractivity (Wildman–Crippen MR) is 33.2 cm³/mol. The summed E-state index contributed by atoms with van der Waals surface area (Å²) in [5, 5.41) is 8.46. The van der Waals surface area contributed by atoms with Gasteiger partial charge in [0.2, 0.25) is 0 Å². The molecule has 0 aliphatic heterocycles. The van der Waals surface area contributed by atoms with Gasteiger partial charge in [-0.2, -0.15) is 0 Å². The van der Waals surface area contributed by atoms with Gasteiger partial charge in [-0.1, -0.05) is 0 Å². The first-order chi connectivity index (χ1) is 4.33. The van der Waals surface area contributed by atoms with E-state index in [0.717, 1.165) is 6.20 Å². The van der Waals surface area contributed by atoms with Gasteiger partial charge in [-0.15, -0.1) is 0 Å². The molecule has 0 aliphatic rings. The number of hydrogen-bond donors (Lipinski definition) is 1. The monoisotopic (exact) mass is 125 g/mol. The van der Waals surface area contributed by atoms with Crippen LogP contribution in [0.25, 0.3) is 0 Å². The minimum atomic E-state index is -0.415. The number of aromatic nitrogens is 1. The molecule has 1 heterocycles. The average Bonchev–Trinajstić information content (AvgIpc) is 1.88. The maximum atomic E-state index is 12.2. The number of hydrogen-bond acceptors (Lipinski definition) is 2. The van der Waals surface area contributed by atoms with Crippen molar-refractivity contribution >= 4 is 12.9 Å². The van der Waals surface area contributed by atoms with Crippen molar-refractivity contribution in [1.29, 1.82) is 0 Å². The Labute approximate surface area is 52.6 Å². The van der Waals surface area contributed by atoms with Crippen molar-refractivity contribution in [3.8, 4) is 0 Å². The van der Waals surface area contributed by atoms with Crippen molar-refractivity contribution < 1.29 is 9.41 Å². The smallest absolute Gasteiger partial charge is 0.306 e. The van der Waals surface area contributed by atoms with Gasteiger partial charge in [0.05, 0.1) is 6.20 Å². The molecule has 9 heavy (non-hydrogen) atoms. The largest absolute Gasteiger partial charge is 0.449 e. The Kier molecular flexibility index (Phi) is 1.79. The van der Waals surface area contributed by atoms with Gasteiger partial charge >= 0.3 is 7.48 Å². The summed E-state index contributed by atoms with van der Waals surface area (Å²) in [5.41, 5.74) is 0.495. The van der Waals surface area contributed by atoms with Gasteiger partial charge < -0.3 is 5.02 Å². The molecule has 1 rings (SSSR count). The van der Waals surface area contributed by atoms with E-state index in [0.29, 0.717) is 5.46 Å². The van der Waals surface area contributed by atoms with Gasteiger partial charge in [-0.3, -0.25) is 4.98 Å². The van der Waals surface area contributed by atoms with Crippen molar-refractivity contribution in [2.75, 3.05) is 0 Å². The molecule has 0 amide bonds. The van der Waals surface area contributed by atoms with E-state index in [1.54, 1.807) is 0 Å². The molecule has 0 aromatic carbocycles. The minimum Gasteiger partial charge on any atom is -0.449 e. The lowest BCUT2D eigenvalue weighted by Crippen LogP contribution is -2.13. The Morgan fingerprint density at radius 3 is 2.78 bits per heavy atom. The quantitative estimate of drug-likeness (QED) is 0.498. The van der Waals surface area contributed by atoms with E-state index in [1.807, 2.05) is 0 Å². The fourth-order valence-electron chi connectivity index (χ4n) is 0.542. The lowest BCUT2D eigenvalue weighted by atomic mass is 9.91. The van der Waals surface area contributed by atoms with Crippen LogP contribution >= 0.6 is 0 Å². The summed E-state index contributed by atoms with van der Waals surface area (Å²) in [7, 11) is -0.162. The van der Waals surface area contributed by atoms with Gasteiger partial charge in [0.1, 0.15) is 5.82 Å². The highest BCUT2D eigenvalue weighted by molar-refractivity contribution is 6.45. The molecule has 4 heteroatoms. The predicted octanol–water partition coefficient (Wildman–Crippen LogP) is -0.810. The lowest BCUT2D eigenvalue weighted by molar-refractivity contribution is 0.609. The zero-order valence-electron chi connectivity index (χ0n) is 4.71. The summed E-state index contributed by atoms with van der Waals surface area (Å²) in [6.45, 7) is 0. The van der Waals surface area contributed by atoms with Crippen LogP contribution in [0.3, 0.4) is 0 Å². The topological polar surface area (TPSA) is 33.1 Å². The first kappa shape index (κ1) is 6.23. The SMILES string of the molecule is OBc1cncc(F)c1. The summed E-state index contributed by atoms with van der Waals surface area (Å²) < 4.78 is 12.2. The maximum absolute atomic E-state index is 12.2. The second-order valence-electron chi connectivity index (χ2n) is 1.67. The van der Waals surface area contributed by atoms with Crippen LogP contribution < -0.4 is 5.46 Å². The Bertz CT molecular complexity index is 206. The third-order valence-corrected chi connectivity index (χ3v) is 0.944. The molecule has 1 aromatic heterocycles. The fraction of sp³-hybridized carbons (Fsp3) is 0. The highest BCUT2D eigenvalue weighted by Crippen LogP contribution is 1.86. The molecule has 0 saturated carbocycles. The molecule has 2 nitrogen and oxygen atoms in total. The summed E-state index contributed by atoms with van der Waals surface area (Å²) in [5.74, 6) is -0.415. The van der Waals surface area contributed by atoms with E-state index in [2.05, 4.69) is 4.98 Å². The summed E-state index contributed by atoms with van der Waals surface area (Å²) >= 11 is 0. The molecule has 1 N–H and O–H groups in total. The van der Waals surface area contributed by atoms with Crippen molar-refractivity contribution in [3.05, 3.63) is 24.3 Å². The molecular formula is C5H5BFNO. The van der Waals surface area contributed by atoms with Gasteiger partial charge in [0.15, 0.2) is 0 Å². The van der Waals surface area contributed by atoms with E-state index < -0.39 is 5.82 Å². The summed E-state index contributed by atoms with van der Waals surface area (Å²) in [4.78, 5) is 3.52. The van der Waals surface area contributed by atoms with Crippen LogP contribution in [0.1, 0.15) is 0 Å². The third-order valence-electron chi connectivity index (χ3n) is 0.944. The van der Waals surface area contributed by atoms with E-state index >= 15 is 0 Å². The van der Waals surface area contributed by atoms with E-state index in [-0.39, 0.29) is 7.48 Å².